The first kappa shape index (κ1) is 16.5. The first-order chi connectivity index (χ1) is 11.7. The molecule has 2 aromatic carbocycles. The molecule has 0 aromatic heterocycles. The number of nitrogens with zero attached hydrogens (tertiary/aromatic N) is 1. The average Bonchev–Trinajstić information content (AvgIpc) is 2.96. The van der Waals surface area contributed by atoms with Crippen LogP contribution in [0.3, 0.4) is 0 Å². The third-order valence-electron chi connectivity index (χ3n) is 4.61. The molecule has 2 N–H and O–H groups in total. The van der Waals surface area contributed by atoms with Gasteiger partial charge in [0, 0.05) is 24.8 Å². The lowest BCUT2D eigenvalue weighted by Gasteiger charge is -2.24. The number of amides is 2. The molecule has 1 aliphatic rings. The van der Waals surface area contributed by atoms with E-state index in [1.54, 1.807) is 0 Å². The quantitative estimate of drug-likeness (QED) is 0.878. The number of carbonyl (C=O) groups excluding carboxylic acids is 1. The summed E-state index contributed by atoms with van der Waals surface area (Å²) in [6.45, 7) is 2.97. The van der Waals surface area contributed by atoms with Crippen LogP contribution in [0.2, 0.25) is 0 Å². The Morgan fingerprint density at radius 1 is 1.21 bits per heavy atom. The van der Waals surface area contributed by atoms with E-state index in [1.165, 1.54) is 5.56 Å². The lowest BCUT2D eigenvalue weighted by molar-refractivity contribution is 0.238. The minimum absolute atomic E-state index is 0.0707. The van der Waals surface area contributed by atoms with E-state index < -0.39 is 0 Å². The van der Waals surface area contributed by atoms with Gasteiger partial charge in [-0.05, 0) is 30.0 Å². The van der Waals surface area contributed by atoms with E-state index in [-0.39, 0.29) is 18.7 Å². The zero-order chi connectivity index (χ0) is 16.9. The van der Waals surface area contributed by atoms with E-state index in [0.29, 0.717) is 18.9 Å². The lowest BCUT2D eigenvalue weighted by Crippen LogP contribution is -2.41. The SMILES string of the molecule is CC1CN(C(=O)NC(CCCO)c2ccccc2)c2ccccc21. The van der Waals surface area contributed by atoms with Gasteiger partial charge in [-0.3, -0.25) is 4.90 Å². The van der Waals surface area contributed by atoms with Gasteiger partial charge < -0.3 is 10.4 Å². The second-order valence-corrected chi connectivity index (χ2v) is 6.35. The molecule has 1 heterocycles. The zero-order valence-corrected chi connectivity index (χ0v) is 14.0. The summed E-state index contributed by atoms with van der Waals surface area (Å²) in [5.41, 5.74) is 3.29. The maximum absolute atomic E-state index is 12.9. The minimum Gasteiger partial charge on any atom is -0.396 e. The largest absolute Gasteiger partial charge is 0.396 e. The van der Waals surface area contributed by atoms with E-state index in [9.17, 15) is 4.79 Å². The molecular formula is C20H24N2O2. The van der Waals surface area contributed by atoms with Crippen LogP contribution in [0.25, 0.3) is 0 Å². The summed E-state index contributed by atoms with van der Waals surface area (Å²) < 4.78 is 0. The number of aliphatic hydroxyl groups excluding tert-OH is 1. The molecule has 1 aliphatic heterocycles. The van der Waals surface area contributed by atoms with Crippen molar-refractivity contribution in [1.29, 1.82) is 0 Å². The normalized spacial score (nSPS) is 17.4. The number of urea groups is 1. The van der Waals surface area contributed by atoms with Crippen LogP contribution in [0.1, 0.15) is 42.9 Å². The van der Waals surface area contributed by atoms with Gasteiger partial charge in [0.25, 0.3) is 0 Å². The van der Waals surface area contributed by atoms with Crippen LogP contribution in [0.5, 0.6) is 0 Å². The zero-order valence-electron chi connectivity index (χ0n) is 14.0. The van der Waals surface area contributed by atoms with Crippen molar-refractivity contribution < 1.29 is 9.90 Å². The maximum Gasteiger partial charge on any atom is 0.322 e. The number of para-hydroxylation sites is 1. The van der Waals surface area contributed by atoms with Crippen molar-refractivity contribution in [2.75, 3.05) is 18.1 Å². The Kier molecular flexibility index (Phi) is 5.16. The van der Waals surface area contributed by atoms with Crippen LogP contribution >= 0.6 is 0 Å². The number of benzene rings is 2. The van der Waals surface area contributed by atoms with E-state index >= 15 is 0 Å². The topological polar surface area (TPSA) is 52.6 Å². The second kappa shape index (κ2) is 7.49. The molecule has 2 unspecified atom stereocenters. The first-order valence-electron chi connectivity index (χ1n) is 8.53. The molecule has 126 valence electrons. The fraction of sp³-hybridized carbons (Fsp3) is 0.350. The molecule has 4 nitrogen and oxygen atoms in total. The minimum atomic E-state index is -0.0890. The summed E-state index contributed by atoms with van der Waals surface area (Å²) in [5.74, 6) is 0.347. The van der Waals surface area contributed by atoms with Crippen molar-refractivity contribution >= 4 is 11.7 Å². The molecule has 0 spiro atoms. The smallest absolute Gasteiger partial charge is 0.322 e. The Bertz CT molecular complexity index is 687. The molecule has 0 bridgehead atoms. The summed E-state index contributed by atoms with van der Waals surface area (Å²) in [5, 5.41) is 12.3. The van der Waals surface area contributed by atoms with Crippen LogP contribution in [0, 0.1) is 0 Å². The predicted octanol–water partition coefficient (Wildman–Crippen LogP) is 3.83. The second-order valence-electron chi connectivity index (χ2n) is 6.35. The van der Waals surface area contributed by atoms with E-state index in [0.717, 1.165) is 17.7 Å². The summed E-state index contributed by atoms with van der Waals surface area (Å²) in [4.78, 5) is 14.7. The van der Waals surface area contributed by atoms with Gasteiger partial charge in [-0.25, -0.2) is 4.79 Å². The third-order valence-corrected chi connectivity index (χ3v) is 4.61. The summed E-state index contributed by atoms with van der Waals surface area (Å²) in [6.07, 6.45) is 1.38. The molecule has 0 saturated heterocycles. The van der Waals surface area contributed by atoms with Crippen molar-refractivity contribution in [3.05, 3.63) is 65.7 Å². The molecule has 0 fully saturated rings. The van der Waals surface area contributed by atoms with Crippen LogP contribution < -0.4 is 10.2 Å². The number of hydrogen-bond donors (Lipinski definition) is 2. The number of rotatable bonds is 5. The van der Waals surface area contributed by atoms with Gasteiger partial charge in [-0.1, -0.05) is 55.5 Å². The summed E-state index contributed by atoms with van der Waals surface area (Å²) in [6, 6.07) is 17.9. The molecule has 2 amide bonds. The third kappa shape index (κ3) is 3.44. The highest BCUT2D eigenvalue weighted by Crippen LogP contribution is 2.35. The molecule has 4 heteroatoms. The summed E-state index contributed by atoms with van der Waals surface area (Å²) in [7, 11) is 0. The van der Waals surface area contributed by atoms with Crippen molar-refractivity contribution in [2.45, 2.75) is 31.7 Å². The van der Waals surface area contributed by atoms with Crippen LogP contribution in [-0.2, 0) is 0 Å². The molecule has 3 rings (SSSR count). The number of nitrogens with one attached hydrogen (secondary N) is 1. The number of fused-ring (bicyclic) bond motifs is 1. The van der Waals surface area contributed by atoms with Gasteiger partial charge in [0.05, 0.1) is 6.04 Å². The molecule has 24 heavy (non-hydrogen) atoms. The number of hydrogen-bond acceptors (Lipinski definition) is 2. The van der Waals surface area contributed by atoms with Crippen LogP contribution in [-0.4, -0.2) is 24.3 Å². The van der Waals surface area contributed by atoms with Gasteiger partial charge in [0.15, 0.2) is 0 Å². The highest BCUT2D eigenvalue weighted by molar-refractivity contribution is 5.94. The number of carbonyl (C=O) groups is 1. The van der Waals surface area contributed by atoms with Gasteiger partial charge >= 0.3 is 6.03 Å². The number of anilines is 1. The van der Waals surface area contributed by atoms with Gasteiger partial charge in [-0.2, -0.15) is 0 Å². The Balaban J connectivity index is 1.77. The molecule has 0 radical (unpaired) electrons. The number of aliphatic hydroxyl groups is 1. The van der Waals surface area contributed by atoms with Crippen LogP contribution in [0.15, 0.2) is 54.6 Å². The Morgan fingerprint density at radius 2 is 1.92 bits per heavy atom. The first-order valence-corrected chi connectivity index (χ1v) is 8.53. The Labute approximate surface area is 143 Å². The highest BCUT2D eigenvalue weighted by atomic mass is 16.3. The molecular weight excluding hydrogens is 300 g/mol. The van der Waals surface area contributed by atoms with E-state index in [4.69, 9.17) is 5.11 Å². The fourth-order valence-corrected chi connectivity index (χ4v) is 3.34. The standard InChI is InChI=1S/C20H24N2O2/c1-15-14-22(19-12-6-5-10-17(15)19)20(24)21-18(11-7-13-23)16-8-3-2-4-9-16/h2-6,8-10,12,15,18,23H,7,11,13-14H2,1H3,(H,21,24). The van der Waals surface area contributed by atoms with Crippen LogP contribution in [0.4, 0.5) is 10.5 Å². The van der Waals surface area contributed by atoms with Gasteiger partial charge in [-0.15, -0.1) is 0 Å². The Morgan fingerprint density at radius 3 is 2.67 bits per heavy atom. The van der Waals surface area contributed by atoms with Gasteiger partial charge in [0.1, 0.15) is 0 Å². The van der Waals surface area contributed by atoms with Crippen molar-refractivity contribution in [3.63, 3.8) is 0 Å². The molecule has 2 aromatic rings. The van der Waals surface area contributed by atoms with Crippen molar-refractivity contribution in [2.24, 2.45) is 0 Å². The maximum atomic E-state index is 12.9. The highest BCUT2D eigenvalue weighted by Gasteiger charge is 2.30. The van der Waals surface area contributed by atoms with Crippen molar-refractivity contribution in [1.82, 2.24) is 5.32 Å². The Hall–Kier alpha value is -2.33. The fourth-order valence-electron chi connectivity index (χ4n) is 3.34. The van der Waals surface area contributed by atoms with Crippen molar-refractivity contribution in [3.8, 4) is 0 Å². The van der Waals surface area contributed by atoms with Gasteiger partial charge in [0.2, 0.25) is 0 Å². The summed E-state index contributed by atoms with van der Waals surface area (Å²) >= 11 is 0. The monoisotopic (exact) mass is 324 g/mol. The lowest BCUT2D eigenvalue weighted by atomic mass is 10.0. The molecule has 2 atom stereocenters. The van der Waals surface area contributed by atoms with E-state index in [2.05, 4.69) is 18.3 Å². The molecule has 0 saturated carbocycles. The average molecular weight is 324 g/mol. The van der Waals surface area contributed by atoms with E-state index in [1.807, 2.05) is 53.4 Å². The molecule has 0 aliphatic carbocycles. The predicted molar refractivity (Wildman–Crippen MR) is 96.2 cm³/mol.